The molecule has 0 fully saturated rings. The second-order valence-corrected chi connectivity index (χ2v) is 3.55. The number of rotatable bonds is 3. The van der Waals surface area contributed by atoms with Gasteiger partial charge in [0.1, 0.15) is 0 Å². The van der Waals surface area contributed by atoms with Crippen LogP contribution in [0.25, 0.3) is 6.08 Å². The average molecular weight is 235 g/mol. The zero-order chi connectivity index (χ0) is 13.0. The Hall–Kier alpha value is -2.17. The van der Waals surface area contributed by atoms with Crippen LogP contribution in [-0.4, -0.2) is 18.1 Å². The lowest BCUT2D eigenvalue weighted by Crippen LogP contribution is -1.93. The molecule has 0 atom stereocenters. The highest BCUT2D eigenvalue weighted by Gasteiger charge is 2.11. The van der Waals surface area contributed by atoms with Gasteiger partial charge in [0.25, 0.3) is 0 Å². The standard InChI is InChI=1S/C12H13NO4/c1-7-6-10(17-3)12(15)9(8(7)2)4-5-11(14)13-16/h4-6,15H,1-3H3/b5-4+. The van der Waals surface area contributed by atoms with Crippen molar-refractivity contribution in [2.75, 3.05) is 7.11 Å². The summed E-state index contributed by atoms with van der Waals surface area (Å²) >= 11 is 0. The van der Waals surface area contributed by atoms with E-state index in [1.807, 2.05) is 6.92 Å². The Labute approximate surface area is 98.7 Å². The molecule has 1 N–H and O–H groups in total. The SMILES string of the molecule is COc1cc(C)c(C)c(/C=C/C(=O)N=O)c1O. The molecule has 5 nitrogen and oxygen atoms in total. The molecule has 0 aromatic heterocycles. The number of hydrogen-bond acceptors (Lipinski definition) is 4. The first-order valence-corrected chi connectivity index (χ1v) is 4.93. The number of nitroso groups, excluding NO2 is 1. The van der Waals surface area contributed by atoms with Gasteiger partial charge in [-0.05, 0) is 37.1 Å². The van der Waals surface area contributed by atoms with Crippen molar-refractivity contribution in [1.29, 1.82) is 0 Å². The molecule has 0 bridgehead atoms. The first-order valence-electron chi connectivity index (χ1n) is 4.93. The molecule has 1 aromatic rings. The number of hydrogen-bond donors (Lipinski definition) is 1. The maximum absolute atomic E-state index is 10.8. The van der Waals surface area contributed by atoms with Crippen LogP contribution in [0, 0.1) is 18.8 Å². The molecule has 0 unspecified atom stereocenters. The molecule has 0 saturated heterocycles. The van der Waals surface area contributed by atoms with E-state index in [-0.39, 0.29) is 5.75 Å². The molecular weight excluding hydrogens is 222 g/mol. The molecule has 0 aliphatic heterocycles. The highest BCUT2D eigenvalue weighted by molar-refractivity contribution is 5.93. The maximum atomic E-state index is 10.8. The molecule has 17 heavy (non-hydrogen) atoms. The number of amides is 1. The third-order valence-electron chi connectivity index (χ3n) is 2.53. The van der Waals surface area contributed by atoms with E-state index in [0.717, 1.165) is 17.2 Å². The van der Waals surface area contributed by atoms with Crippen molar-refractivity contribution in [3.8, 4) is 11.5 Å². The average Bonchev–Trinajstić information content (AvgIpc) is 2.33. The zero-order valence-electron chi connectivity index (χ0n) is 9.85. The molecule has 0 aliphatic carbocycles. The van der Waals surface area contributed by atoms with Gasteiger partial charge < -0.3 is 9.84 Å². The van der Waals surface area contributed by atoms with Gasteiger partial charge in [0.15, 0.2) is 11.5 Å². The smallest absolute Gasteiger partial charge is 0.309 e. The Kier molecular flexibility index (Phi) is 3.98. The Morgan fingerprint density at radius 2 is 2.12 bits per heavy atom. The monoisotopic (exact) mass is 235 g/mol. The molecule has 1 aromatic carbocycles. The lowest BCUT2D eigenvalue weighted by atomic mass is 10.0. The van der Waals surface area contributed by atoms with Crippen LogP contribution < -0.4 is 4.74 Å². The van der Waals surface area contributed by atoms with Crippen molar-refractivity contribution in [3.63, 3.8) is 0 Å². The van der Waals surface area contributed by atoms with Gasteiger partial charge in [-0.2, -0.15) is 0 Å². The van der Waals surface area contributed by atoms with Crippen LogP contribution in [0.5, 0.6) is 11.5 Å². The first kappa shape index (κ1) is 12.9. The van der Waals surface area contributed by atoms with Crippen molar-refractivity contribution in [1.82, 2.24) is 0 Å². The van der Waals surface area contributed by atoms with Gasteiger partial charge in [0.05, 0.1) is 7.11 Å². The minimum atomic E-state index is -0.899. The van der Waals surface area contributed by atoms with Gasteiger partial charge in [0.2, 0.25) is 0 Å². The van der Waals surface area contributed by atoms with Gasteiger partial charge in [-0.25, -0.2) is 0 Å². The number of nitrogens with zero attached hydrogens (tertiary/aromatic N) is 1. The Morgan fingerprint density at radius 3 is 2.65 bits per heavy atom. The summed E-state index contributed by atoms with van der Waals surface area (Å²) in [5.41, 5.74) is 2.16. The minimum Gasteiger partial charge on any atom is -0.504 e. The zero-order valence-corrected chi connectivity index (χ0v) is 9.85. The Bertz CT molecular complexity index is 492. The highest BCUT2D eigenvalue weighted by Crippen LogP contribution is 2.35. The van der Waals surface area contributed by atoms with Crippen molar-refractivity contribution in [2.45, 2.75) is 13.8 Å². The topological polar surface area (TPSA) is 76.0 Å². The van der Waals surface area contributed by atoms with E-state index >= 15 is 0 Å². The molecule has 1 rings (SSSR count). The maximum Gasteiger partial charge on any atom is 0.309 e. The number of aromatic hydroxyl groups is 1. The molecule has 0 aliphatic rings. The van der Waals surface area contributed by atoms with Gasteiger partial charge in [-0.1, -0.05) is 0 Å². The largest absolute Gasteiger partial charge is 0.504 e. The quantitative estimate of drug-likeness (QED) is 0.644. The fraction of sp³-hybridized carbons (Fsp3) is 0.250. The van der Waals surface area contributed by atoms with E-state index in [4.69, 9.17) is 4.74 Å². The molecule has 0 spiro atoms. The second kappa shape index (κ2) is 5.25. The minimum absolute atomic E-state index is 0.0643. The number of benzene rings is 1. The van der Waals surface area contributed by atoms with E-state index < -0.39 is 5.91 Å². The predicted molar refractivity (Wildman–Crippen MR) is 64.0 cm³/mol. The van der Waals surface area contributed by atoms with Gasteiger partial charge in [-0.3, -0.25) is 4.79 Å². The van der Waals surface area contributed by atoms with E-state index in [2.05, 4.69) is 5.18 Å². The van der Waals surface area contributed by atoms with E-state index in [9.17, 15) is 14.8 Å². The molecule has 0 saturated carbocycles. The Balaban J connectivity index is 3.31. The van der Waals surface area contributed by atoms with E-state index in [1.54, 1.807) is 13.0 Å². The Morgan fingerprint density at radius 1 is 1.47 bits per heavy atom. The molecule has 1 amide bonds. The van der Waals surface area contributed by atoms with Gasteiger partial charge >= 0.3 is 5.91 Å². The summed E-state index contributed by atoms with van der Waals surface area (Å²) in [5.74, 6) is -0.644. The van der Waals surface area contributed by atoms with Crippen molar-refractivity contribution < 1.29 is 14.6 Å². The normalized spacial score (nSPS) is 10.5. The van der Waals surface area contributed by atoms with Crippen LogP contribution in [0.3, 0.4) is 0 Å². The van der Waals surface area contributed by atoms with Crippen molar-refractivity contribution in [2.24, 2.45) is 5.18 Å². The molecule has 0 heterocycles. The second-order valence-electron chi connectivity index (χ2n) is 3.55. The summed E-state index contributed by atoms with van der Waals surface area (Å²) in [6.07, 6.45) is 2.36. The number of phenolic OH excluding ortho intramolecular Hbond substituents is 1. The van der Waals surface area contributed by atoms with Crippen LogP contribution in [-0.2, 0) is 4.79 Å². The van der Waals surface area contributed by atoms with Crippen molar-refractivity contribution >= 4 is 12.0 Å². The van der Waals surface area contributed by atoms with Crippen LogP contribution in [0.1, 0.15) is 16.7 Å². The van der Waals surface area contributed by atoms with Gasteiger partial charge in [0, 0.05) is 16.8 Å². The van der Waals surface area contributed by atoms with Gasteiger partial charge in [-0.15, -0.1) is 4.91 Å². The highest BCUT2D eigenvalue weighted by atomic mass is 16.5. The summed E-state index contributed by atoms with van der Waals surface area (Å²) in [4.78, 5) is 20.7. The summed E-state index contributed by atoms with van der Waals surface area (Å²) < 4.78 is 5.00. The predicted octanol–water partition coefficient (Wildman–Crippen LogP) is 2.32. The molecule has 5 heteroatoms. The van der Waals surface area contributed by atoms with E-state index in [1.165, 1.54) is 13.2 Å². The fourth-order valence-electron chi connectivity index (χ4n) is 1.44. The number of phenols is 1. The van der Waals surface area contributed by atoms with E-state index in [0.29, 0.717) is 11.3 Å². The number of ether oxygens (including phenoxy) is 1. The third-order valence-corrected chi connectivity index (χ3v) is 2.53. The summed E-state index contributed by atoms with van der Waals surface area (Å²) in [6.45, 7) is 3.65. The molecule has 90 valence electrons. The molecule has 0 radical (unpaired) electrons. The number of methoxy groups -OCH3 is 1. The number of carbonyl (C=O) groups is 1. The lowest BCUT2D eigenvalue weighted by Gasteiger charge is -2.11. The first-order chi connectivity index (χ1) is 8.01. The number of aryl methyl sites for hydroxylation is 1. The number of carbonyl (C=O) groups excluding carboxylic acids is 1. The van der Waals surface area contributed by atoms with Crippen LogP contribution in [0.4, 0.5) is 0 Å². The summed E-state index contributed by atoms with van der Waals surface area (Å²) in [7, 11) is 1.44. The summed E-state index contributed by atoms with van der Waals surface area (Å²) in [5, 5.41) is 12.1. The summed E-state index contributed by atoms with van der Waals surface area (Å²) in [6, 6.07) is 1.70. The third kappa shape index (κ3) is 2.69. The lowest BCUT2D eigenvalue weighted by molar-refractivity contribution is -0.113. The van der Waals surface area contributed by atoms with Crippen LogP contribution in [0.2, 0.25) is 0 Å². The van der Waals surface area contributed by atoms with Crippen LogP contribution >= 0.6 is 0 Å². The fourth-order valence-corrected chi connectivity index (χ4v) is 1.44. The molecular formula is C12H13NO4. The van der Waals surface area contributed by atoms with Crippen LogP contribution in [0.15, 0.2) is 17.3 Å². The van der Waals surface area contributed by atoms with Crippen molar-refractivity contribution in [3.05, 3.63) is 33.7 Å².